The summed E-state index contributed by atoms with van der Waals surface area (Å²) < 4.78 is 0. The van der Waals surface area contributed by atoms with E-state index in [1.165, 1.54) is 30.4 Å². The molecule has 0 radical (unpaired) electrons. The maximum Gasteiger partial charge on any atom is 0.0670 e. The Bertz CT molecular complexity index is 370. The maximum atomic E-state index is 5.88. The number of hydrogen-bond acceptors (Lipinski definition) is 2. The van der Waals surface area contributed by atoms with Gasteiger partial charge in [-0.25, -0.2) is 5.43 Å². The average molecular weight is 237 g/mol. The van der Waals surface area contributed by atoms with Gasteiger partial charge in [-0.2, -0.15) is 0 Å². The van der Waals surface area contributed by atoms with Gasteiger partial charge in [-0.3, -0.25) is 5.84 Å². The summed E-state index contributed by atoms with van der Waals surface area (Å²) in [6.07, 6.45) is 7.17. The quantitative estimate of drug-likeness (QED) is 0.480. The molecule has 1 atom stereocenters. The number of nitrogens with two attached hydrogens (primary N) is 1. The first-order chi connectivity index (χ1) is 7.81. The summed E-state index contributed by atoms with van der Waals surface area (Å²) in [6, 6.07) is 8.01. The molecule has 3 heteroatoms. The number of benzene rings is 1. The minimum atomic E-state index is 0.137. The van der Waals surface area contributed by atoms with Gasteiger partial charge in [0.1, 0.15) is 0 Å². The van der Waals surface area contributed by atoms with E-state index < -0.39 is 0 Å². The zero-order valence-corrected chi connectivity index (χ0v) is 10.0. The van der Waals surface area contributed by atoms with E-state index in [-0.39, 0.29) is 6.04 Å². The summed E-state index contributed by atoms with van der Waals surface area (Å²) in [5.74, 6) is 5.65. The highest BCUT2D eigenvalue weighted by Gasteiger charge is 2.16. The van der Waals surface area contributed by atoms with Crippen LogP contribution in [0.5, 0.6) is 0 Å². The van der Waals surface area contributed by atoms with Crippen LogP contribution in [0.3, 0.4) is 0 Å². The molecule has 0 heterocycles. The van der Waals surface area contributed by atoms with Gasteiger partial charge in [0.05, 0.1) is 6.04 Å². The van der Waals surface area contributed by atoms with Gasteiger partial charge in [0.25, 0.3) is 0 Å². The Hall–Kier alpha value is -0.830. The molecule has 0 spiro atoms. The predicted molar refractivity (Wildman–Crippen MR) is 68.1 cm³/mol. The number of allylic oxidation sites excluding steroid dienone is 1. The summed E-state index contributed by atoms with van der Waals surface area (Å²) in [6.45, 7) is 0. The van der Waals surface area contributed by atoms with E-state index in [2.05, 4.69) is 11.5 Å². The number of rotatable bonds is 3. The number of nitrogens with one attached hydrogen (secondary N) is 1. The summed E-state index contributed by atoms with van der Waals surface area (Å²) >= 11 is 5.88. The molecule has 0 saturated carbocycles. The summed E-state index contributed by atoms with van der Waals surface area (Å²) in [5.41, 5.74) is 5.48. The topological polar surface area (TPSA) is 38.0 Å². The van der Waals surface area contributed by atoms with Crippen molar-refractivity contribution in [2.24, 2.45) is 5.84 Å². The molecule has 1 aromatic carbocycles. The SMILES string of the molecule is NNC(C1=CCCCC1)c1ccc(Cl)cc1. The van der Waals surface area contributed by atoms with Crippen LogP contribution in [0.2, 0.25) is 5.02 Å². The molecule has 86 valence electrons. The fraction of sp³-hybridized carbons (Fsp3) is 0.385. The molecule has 0 fully saturated rings. The largest absolute Gasteiger partial charge is 0.271 e. The summed E-state index contributed by atoms with van der Waals surface area (Å²) in [7, 11) is 0. The molecule has 0 amide bonds. The summed E-state index contributed by atoms with van der Waals surface area (Å²) in [5, 5.41) is 0.761. The molecule has 16 heavy (non-hydrogen) atoms. The smallest absolute Gasteiger partial charge is 0.0670 e. The fourth-order valence-electron chi connectivity index (χ4n) is 2.20. The molecule has 0 aliphatic heterocycles. The van der Waals surface area contributed by atoms with Crippen molar-refractivity contribution in [3.63, 3.8) is 0 Å². The average Bonchev–Trinajstić information content (AvgIpc) is 2.34. The van der Waals surface area contributed by atoms with Gasteiger partial charge in [0.2, 0.25) is 0 Å². The molecule has 0 saturated heterocycles. The number of halogens is 1. The first-order valence-corrected chi connectivity index (χ1v) is 6.09. The lowest BCUT2D eigenvalue weighted by atomic mass is 9.90. The molecule has 1 aromatic rings. The van der Waals surface area contributed by atoms with Crippen LogP contribution < -0.4 is 11.3 Å². The van der Waals surface area contributed by atoms with Gasteiger partial charge >= 0.3 is 0 Å². The Morgan fingerprint density at radius 2 is 1.94 bits per heavy atom. The third kappa shape index (κ3) is 2.64. The Morgan fingerprint density at radius 1 is 1.19 bits per heavy atom. The first-order valence-electron chi connectivity index (χ1n) is 5.72. The van der Waals surface area contributed by atoms with Crippen molar-refractivity contribution < 1.29 is 0 Å². The molecule has 2 nitrogen and oxygen atoms in total. The van der Waals surface area contributed by atoms with Gasteiger partial charge in [0.15, 0.2) is 0 Å². The first kappa shape index (κ1) is 11.6. The van der Waals surface area contributed by atoms with Crippen LogP contribution in [0.4, 0.5) is 0 Å². The molecule has 0 bridgehead atoms. The third-order valence-corrected chi connectivity index (χ3v) is 3.32. The maximum absolute atomic E-state index is 5.88. The van der Waals surface area contributed by atoms with Gasteiger partial charge in [-0.05, 0) is 43.4 Å². The second kappa shape index (κ2) is 5.48. The normalized spacial score (nSPS) is 18.0. The molecule has 1 aliphatic carbocycles. The standard InChI is InChI=1S/C13H17ClN2/c14-12-8-6-11(7-9-12)13(16-15)10-4-2-1-3-5-10/h4,6-9,13,16H,1-3,5,15H2. The van der Waals surface area contributed by atoms with Gasteiger partial charge in [-0.15, -0.1) is 0 Å². The lowest BCUT2D eigenvalue weighted by Crippen LogP contribution is -2.29. The van der Waals surface area contributed by atoms with Crippen LogP contribution in [-0.2, 0) is 0 Å². The second-order valence-electron chi connectivity index (χ2n) is 4.18. The molecule has 1 unspecified atom stereocenters. The van der Waals surface area contributed by atoms with Gasteiger partial charge in [-0.1, -0.05) is 35.4 Å². The lowest BCUT2D eigenvalue weighted by Gasteiger charge is -2.23. The zero-order chi connectivity index (χ0) is 11.4. The predicted octanol–water partition coefficient (Wildman–Crippen LogP) is 3.34. The molecule has 0 aromatic heterocycles. The highest BCUT2D eigenvalue weighted by Crippen LogP contribution is 2.29. The highest BCUT2D eigenvalue weighted by atomic mass is 35.5. The van der Waals surface area contributed by atoms with Gasteiger partial charge < -0.3 is 0 Å². The van der Waals surface area contributed by atoms with E-state index in [0.717, 1.165) is 11.4 Å². The molecule has 2 rings (SSSR count). The van der Waals surface area contributed by atoms with Crippen LogP contribution in [0.15, 0.2) is 35.9 Å². The Balaban J connectivity index is 2.21. The molecular weight excluding hydrogens is 220 g/mol. The number of hydrogen-bond donors (Lipinski definition) is 2. The molecular formula is C13H17ClN2. The third-order valence-electron chi connectivity index (χ3n) is 3.07. The highest BCUT2D eigenvalue weighted by molar-refractivity contribution is 6.30. The van der Waals surface area contributed by atoms with Crippen molar-refractivity contribution in [2.75, 3.05) is 0 Å². The van der Waals surface area contributed by atoms with Crippen LogP contribution in [0.25, 0.3) is 0 Å². The molecule has 1 aliphatic rings. The summed E-state index contributed by atoms with van der Waals surface area (Å²) in [4.78, 5) is 0. The minimum Gasteiger partial charge on any atom is -0.271 e. The van der Waals surface area contributed by atoms with Crippen LogP contribution in [0.1, 0.15) is 37.3 Å². The van der Waals surface area contributed by atoms with Crippen LogP contribution in [-0.4, -0.2) is 0 Å². The Morgan fingerprint density at radius 3 is 2.50 bits per heavy atom. The van der Waals surface area contributed by atoms with E-state index >= 15 is 0 Å². The number of hydrazine groups is 1. The Labute approximate surface area is 101 Å². The Kier molecular flexibility index (Phi) is 3.99. The van der Waals surface area contributed by atoms with Crippen molar-refractivity contribution in [2.45, 2.75) is 31.7 Å². The minimum absolute atomic E-state index is 0.137. The van der Waals surface area contributed by atoms with Gasteiger partial charge in [0, 0.05) is 5.02 Å². The van der Waals surface area contributed by atoms with Crippen molar-refractivity contribution in [1.29, 1.82) is 0 Å². The lowest BCUT2D eigenvalue weighted by molar-refractivity contribution is 0.566. The second-order valence-corrected chi connectivity index (χ2v) is 4.61. The van der Waals surface area contributed by atoms with Crippen molar-refractivity contribution in [3.05, 3.63) is 46.5 Å². The van der Waals surface area contributed by atoms with Crippen LogP contribution >= 0.6 is 11.6 Å². The van der Waals surface area contributed by atoms with E-state index in [0.29, 0.717) is 0 Å². The van der Waals surface area contributed by atoms with Crippen LogP contribution in [0, 0.1) is 0 Å². The van der Waals surface area contributed by atoms with Crippen molar-refractivity contribution in [3.8, 4) is 0 Å². The van der Waals surface area contributed by atoms with E-state index in [9.17, 15) is 0 Å². The van der Waals surface area contributed by atoms with Crippen molar-refractivity contribution in [1.82, 2.24) is 5.43 Å². The molecule has 3 N–H and O–H groups in total. The zero-order valence-electron chi connectivity index (χ0n) is 9.25. The van der Waals surface area contributed by atoms with E-state index in [1.807, 2.05) is 24.3 Å². The van der Waals surface area contributed by atoms with E-state index in [4.69, 9.17) is 17.4 Å². The van der Waals surface area contributed by atoms with Crippen molar-refractivity contribution >= 4 is 11.6 Å². The van der Waals surface area contributed by atoms with E-state index in [1.54, 1.807) is 0 Å². The monoisotopic (exact) mass is 236 g/mol. The fourth-order valence-corrected chi connectivity index (χ4v) is 2.32.